The van der Waals surface area contributed by atoms with Crippen molar-refractivity contribution in [2.75, 3.05) is 27.4 Å². The van der Waals surface area contributed by atoms with E-state index in [1.165, 1.54) is 50.6 Å². The fourth-order valence-electron chi connectivity index (χ4n) is 2.31. The summed E-state index contributed by atoms with van der Waals surface area (Å²) in [6, 6.07) is 8.37. The van der Waals surface area contributed by atoms with E-state index >= 15 is 0 Å². The molecule has 0 bridgehead atoms. The van der Waals surface area contributed by atoms with Crippen LogP contribution in [0.3, 0.4) is 0 Å². The Morgan fingerprint density at radius 2 is 1.14 bits per heavy atom. The van der Waals surface area contributed by atoms with Crippen molar-refractivity contribution in [1.29, 1.82) is 0 Å². The van der Waals surface area contributed by atoms with Gasteiger partial charge < -0.3 is 29.2 Å². The molecule has 0 spiro atoms. The van der Waals surface area contributed by atoms with Crippen LogP contribution < -0.4 is 9.47 Å². The van der Waals surface area contributed by atoms with Crippen LogP contribution >= 0.6 is 0 Å². The average Bonchev–Trinajstić information content (AvgIpc) is 2.70. The zero-order chi connectivity index (χ0) is 20.5. The lowest BCUT2D eigenvalue weighted by atomic mass is 10.2. The molecular formula is C20H22O8. The number of methoxy groups -OCH3 is 2. The number of hydrogen-bond donors (Lipinski definition) is 2. The van der Waals surface area contributed by atoms with Crippen LogP contribution in [0.15, 0.2) is 36.4 Å². The maximum Gasteiger partial charge on any atom is 0.338 e. The Morgan fingerprint density at radius 3 is 1.50 bits per heavy atom. The summed E-state index contributed by atoms with van der Waals surface area (Å²) in [5.41, 5.74) is 0.532. The molecule has 0 amide bonds. The maximum atomic E-state index is 12.0. The minimum Gasteiger partial charge on any atom is -0.504 e. The van der Waals surface area contributed by atoms with Gasteiger partial charge in [0.25, 0.3) is 0 Å². The van der Waals surface area contributed by atoms with E-state index < -0.39 is 11.9 Å². The Hall–Kier alpha value is -3.42. The molecule has 8 nitrogen and oxygen atoms in total. The zero-order valence-electron chi connectivity index (χ0n) is 15.6. The van der Waals surface area contributed by atoms with Gasteiger partial charge in [0.1, 0.15) is 0 Å². The third kappa shape index (κ3) is 5.54. The molecule has 2 aromatic carbocycles. The van der Waals surface area contributed by atoms with Crippen molar-refractivity contribution in [3.8, 4) is 23.0 Å². The Labute approximate surface area is 162 Å². The highest BCUT2D eigenvalue weighted by molar-refractivity contribution is 5.90. The maximum absolute atomic E-state index is 12.0. The molecule has 2 N–H and O–H groups in total. The van der Waals surface area contributed by atoms with Gasteiger partial charge in [-0.25, -0.2) is 9.59 Å². The van der Waals surface area contributed by atoms with Crippen LogP contribution in [-0.4, -0.2) is 49.6 Å². The van der Waals surface area contributed by atoms with E-state index in [1.807, 2.05) is 0 Å². The van der Waals surface area contributed by atoms with Crippen LogP contribution in [0, 0.1) is 0 Å². The number of carbonyl (C=O) groups is 2. The molecule has 28 heavy (non-hydrogen) atoms. The number of benzene rings is 2. The number of phenols is 2. The fraction of sp³-hybridized carbons (Fsp3) is 0.300. The van der Waals surface area contributed by atoms with Gasteiger partial charge in [0.05, 0.1) is 38.6 Å². The number of phenolic OH excluding ortho intramolecular Hbond substituents is 2. The summed E-state index contributed by atoms with van der Waals surface area (Å²) in [6.07, 6.45) is 1.01. The van der Waals surface area contributed by atoms with Gasteiger partial charge in [-0.05, 0) is 49.2 Å². The highest BCUT2D eigenvalue weighted by Crippen LogP contribution is 2.27. The van der Waals surface area contributed by atoms with E-state index in [0.717, 1.165) is 0 Å². The molecule has 0 heterocycles. The minimum atomic E-state index is -0.536. The van der Waals surface area contributed by atoms with Gasteiger partial charge in [0.2, 0.25) is 0 Å². The highest BCUT2D eigenvalue weighted by atomic mass is 16.5. The molecule has 0 radical (unpaired) electrons. The van der Waals surface area contributed by atoms with Gasteiger partial charge in [-0.2, -0.15) is 0 Å². The first-order valence-electron chi connectivity index (χ1n) is 8.54. The van der Waals surface area contributed by atoms with E-state index in [2.05, 4.69) is 0 Å². The quantitative estimate of drug-likeness (QED) is 0.497. The number of aromatic hydroxyl groups is 2. The summed E-state index contributed by atoms with van der Waals surface area (Å²) < 4.78 is 20.2. The van der Waals surface area contributed by atoms with E-state index in [4.69, 9.17) is 18.9 Å². The second kappa shape index (κ2) is 10.1. The minimum absolute atomic E-state index is 0.0629. The summed E-state index contributed by atoms with van der Waals surface area (Å²) in [5, 5.41) is 19.0. The van der Waals surface area contributed by atoms with Gasteiger partial charge >= 0.3 is 11.9 Å². The number of carbonyl (C=O) groups excluding carboxylic acids is 2. The molecule has 0 saturated heterocycles. The van der Waals surface area contributed by atoms with Gasteiger partial charge in [0, 0.05) is 0 Å². The van der Waals surface area contributed by atoms with Gasteiger partial charge in [-0.1, -0.05) is 0 Å². The average molecular weight is 390 g/mol. The Balaban J connectivity index is 1.70. The Kier molecular flexibility index (Phi) is 7.50. The van der Waals surface area contributed by atoms with Crippen molar-refractivity contribution in [3.63, 3.8) is 0 Å². The summed E-state index contributed by atoms with van der Waals surface area (Å²) in [7, 11) is 2.78. The first kappa shape index (κ1) is 20.9. The van der Waals surface area contributed by atoms with E-state index in [-0.39, 0.29) is 47.3 Å². The third-order valence-corrected chi connectivity index (χ3v) is 3.84. The molecule has 0 aliphatic carbocycles. The lowest BCUT2D eigenvalue weighted by molar-refractivity contribution is 0.0432. The van der Waals surface area contributed by atoms with Gasteiger partial charge in [0.15, 0.2) is 23.0 Å². The second-order valence-corrected chi connectivity index (χ2v) is 5.75. The van der Waals surface area contributed by atoms with Crippen LogP contribution in [0.1, 0.15) is 33.6 Å². The number of unbranched alkanes of at least 4 members (excludes halogenated alkanes) is 1. The van der Waals surface area contributed by atoms with Crippen molar-refractivity contribution in [1.82, 2.24) is 0 Å². The van der Waals surface area contributed by atoms with E-state index in [1.54, 1.807) is 0 Å². The van der Waals surface area contributed by atoms with Crippen molar-refractivity contribution in [2.24, 2.45) is 0 Å². The molecule has 0 unspecified atom stereocenters. The van der Waals surface area contributed by atoms with Crippen LogP contribution in [0.4, 0.5) is 0 Å². The first-order valence-corrected chi connectivity index (χ1v) is 8.54. The number of hydrogen-bond acceptors (Lipinski definition) is 8. The Morgan fingerprint density at radius 1 is 0.750 bits per heavy atom. The summed E-state index contributed by atoms with van der Waals surface area (Å²) >= 11 is 0. The van der Waals surface area contributed by atoms with Crippen molar-refractivity contribution >= 4 is 11.9 Å². The molecule has 150 valence electrons. The SMILES string of the molecule is COc1cc(C(=O)OCCCCOC(=O)c2ccc(O)c(OC)c2)ccc1O. The van der Waals surface area contributed by atoms with Crippen LogP contribution in [0.25, 0.3) is 0 Å². The van der Waals surface area contributed by atoms with Crippen LogP contribution in [-0.2, 0) is 9.47 Å². The van der Waals surface area contributed by atoms with E-state index in [0.29, 0.717) is 12.8 Å². The number of ether oxygens (including phenoxy) is 4. The monoisotopic (exact) mass is 390 g/mol. The highest BCUT2D eigenvalue weighted by Gasteiger charge is 2.12. The topological polar surface area (TPSA) is 112 Å². The van der Waals surface area contributed by atoms with Gasteiger partial charge in [-0.15, -0.1) is 0 Å². The normalized spacial score (nSPS) is 10.2. The number of esters is 2. The molecule has 0 aliphatic heterocycles. The van der Waals surface area contributed by atoms with Crippen molar-refractivity contribution < 1.29 is 38.7 Å². The standard InChI is InChI=1S/C20H22O8/c1-25-17-11-13(5-7-15(17)21)19(23)27-9-3-4-10-28-20(24)14-6-8-16(22)18(12-14)26-2/h5-8,11-12,21-22H,3-4,9-10H2,1-2H3. The molecule has 2 rings (SSSR count). The summed E-state index contributed by atoms with van der Waals surface area (Å²) in [4.78, 5) is 23.9. The fourth-order valence-corrected chi connectivity index (χ4v) is 2.31. The molecule has 2 aromatic rings. The first-order chi connectivity index (χ1) is 13.5. The third-order valence-electron chi connectivity index (χ3n) is 3.84. The smallest absolute Gasteiger partial charge is 0.338 e. The summed E-state index contributed by atoms with van der Waals surface area (Å²) in [6.45, 7) is 0.319. The molecule has 0 saturated carbocycles. The molecular weight excluding hydrogens is 368 g/mol. The largest absolute Gasteiger partial charge is 0.504 e. The second-order valence-electron chi connectivity index (χ2n) is 5.75. The van der Waals surface area contributed by atoms with Crippen molar-refractivity contribution in [2.45, 2.75) is 12.8 Å². The predicted octanol–water partition coefficient (Wildman–Crippen LogP) is 2.91. The lowest BCUT2D eigenvalue weighted by Crippen LogP contribution is -2.09. The van der Waals surface area contributed by atoms with E-state index in [9.17, 15) is 19.8 Å². The molecule has 0 fully saturated rings. The predicted molar refractivity (Wildman–Crippen MR) is 99.1 cm³/mol. The number of rotatable bonds is 9. The molecule has 8 heteroatoms. The molecule has 0 atom stereocenters. The summed E-state index contributed by atoms with van der Waals surface area (Å²) in [5.74, 6) is -0.823. The van der Waals surface area contributed by atoms with Crippen LogP contribution in [0.5, 0.6) is 23.0 Å². The van der Waals surface area contributed by atoms with Crippen LogP contribution in [0.2, 0.25) is 0 Å². The van der Waals surface area contributed by atoms with Gasteiger partial charge in [-0.3, -0.25) is 0 Å². The lowest BCUT2D eigenvalue weighted by Gasteiger charge is -2.09. The Bertz CT molecular complexity index is 761. The zero-order valence-corrected chi connectivity index (χ0v) is 15.6. The van der Waals surface area contributed by atoms with Crippen molar-refractivity contribution in [3.05, 3.63) is 47.5 Å². The molecule has 0 aliphatic rings. The molecule has 0 aromatic heterocycles.